The van der Waals surface area contributed by atoms with Gasteiger partial charge < -0.3 is 19.5 Å². The summed E-state index contributed by atoms with van der Waals surface area (Å²) in [5.74, 6) is 1.76. The van der Waals surface area contributed by atoms with Crippen molar-refractivity contribution in [2.24, 2.45) is 0 Å². The monoisotopic (exact) mass is 306 g/mol. The van der Waals surface area contributed by atoms with Crippen LogP contribution in [-0.4, -0.2) is 57.0 Å². The maximum absolute atomic E-state index is 5.85. The lowest BCUT2D eigenvalue weighted by Crippen LogP contribution is -2.46. The molecule has 122 valence electrons. The lowest BCUT2D eigenvalue weighted by molar-refractivity contribution is -0.0253. The lowest BCUT2D eigenvalue weighted by Gasteiger charge is -2.32. The second-order valence-corrected chi connectivity index (χ2v) is 5.81. The van der Waals surface area contributed by atoms with Gasteiger partial charge in [0.2, 0.25) is 0 Å². The topological polar surface area (TPSA) is 43.0 Å². The quantitative estimate of drug-likeness (QED) is 0.896. The highest BCUT2D eigenvalue weighted by Gasteiger charge is 2.19. The molecule has 1 aromatic rings. The maximum Gasteiger partial charge on any atom is 0.165 e. The minimum Gasteiger partial charge on any atom is -0.490 e. The molecule has 1 N–H and O–H groups in total. The van der Waals surface area contributed by atoms with E-state index in [0.717, 1.165) is 76.0 Å². The molecule has 2 heterocycles. The number of fused-ring (bicyclic) bond motifs is 1. The van der Waals surface area contributed by atoms with Crippen LogP contribution in [0.1, 0.15) is 18.9 Å². The molecule has 3 rings (SSSR count). The molecule has 1 atom stereocenters. The summed E-state index contributed by atoms with van der Waals surface area (Å²) < 4.78 is 17.4. The van der Waals surface area contributed by atoms with E-state index in [1.807, 2.05) is 12.1 Å². The highest BCUT2D eigenvalue weighted by molar-refractivity contribution is 5.47. The smallest absolute Gasteiger partial charge is 0.165 e. The summed E-state index contributed by atoms with van der Waals surface area (Å²) in [5.41, 5.74) is 1.16. The van der Waals surface area contributed by atoms with Gasteiger partial charge in [-0.15, -0.1) is 0 Å². The van der Waals surface area contributed by atoms with Gasteiger partial charge in [0.25, 0.3) is 0 Å². The summed E-state index contributed by atoms with van der Waals surface area (Å²) in [6, 6.07) is 6.11. The van der Waals surface area contributed by atoms with Gasteiger partial charge in [0.1, 0.15) is 0 Å². The van der Waals surface area contributed by atoms with E-state index >= 15 is 0 Å². The second-order valence-electron chi connectivity index (χ2n) is 5.81. The first-order valence-electron chi connectivity index (χ1n) is 8.29. The van der Waals surface area contributed by atoms with Crippen molar-refractivity contribution >= 4 is 0 Å². The number of hydrogen-bond acceptors (Lipinski definition) is 5. The lowest BCUT2D eigenvalue weighted by atomic mass is 10.1. The Bertz CT molecular complexity index is 481. The highest BCUT2D eigenvalue weighted by Crippen LogP contribution is 2.33. The number of nitrogens with one attached hydrogen (secondary N) is 1. The van der Waals surface area contributed by atoms with Crippen molar-refractivity contribution in [3.05, 3.63) is 23.8 Å². The molecule has 2 aliphatic heterocycles. The van der Waals surface area contributed by atoms with Gasteiger partial charge in [0, 0.05) is 38.2 Å². The first kappa shape index (κ1) is 15.6. The van der Waals surface area contributed by atoms with Crippen molar-refractivity contribution in [1.29, 1.82) is 0 Å². The predicted molar refractivity (Wildman–Crippen MR) is 85.6 cm³/mol. The van der Waals surface area contributed by atoms with Gasteiger partial charge in [0.15, 0.2) is 11.5 Å². The summed E-state index contributed by atoms with van der Waals surface area (Å²) in [4.78, 5) is 2.43. The molecule has 5 heteroatoms. The molecule has 0 aromatic heterocycles. The van der Waals surface area contributed by atoms with Crippen LogP contribution in [0.25, 0.3) is 0 Å². The Kier molecular flexibility index (Phi) is 5.53. The molecule has 2 aliphatic rings. The SMILES string of the molecule is CCN1CCO[C@H](CNCc2cccc3c2OCCCO3)C1. The molecule has 1 saturated heterocycles. The maximum atomic E-state index is 5.85. The van der Waals surface area contributed by atoms with E-state index in [-0.39, 0.29) is 6.10 Å². The molecular formula is C17H26N2O3. The molecule has 1 fully saturated rings. The van der Waals surface area contributed by atoms with Crippen LogP contribution in [0.5, 0.6) is 11.5 Å². The van der Waals surface area contributed by atoms with E-state index in [9.17, 15) is 0 Å². The fourth-order valence-corrected chi connectivity index (χ4v) is 2.95. The Morgan fingerprint density at radius 2 is 2.14 bits per heavy atom. The van der Waals surface area contributed by atoms with E-state index in [2.05, 4.69) is 23.2 Å². The van der Waals surface area contributed by atoms with Crippen LogP contribution in [0.2, 0.25) is 0 Å². The summed E-state index contributed by atoms with van der Waals surface area (Å²) in [7, 11) is 0. The molecule has 0 unspecified atom stereocenters. The highest BCUT2D eigenvalue weighted by atomic mass is 16.5. The Labute approximate surface area is 132 Å². The zero-order chi connectivity index (χ0) is 15.2. The summed E-state index contributed by atoms with van der Waals surface area (Å²) in [5, 5.41) is 3.50. The van der Waals surface area contributed by atoms with Gasteiger partial charge in [-0.2, -0.15) is 0 Å². The van der Waals surface area contributed by atoms with E-state index in [4.69, 9.17) is 14.2 Å². The molecular weight excluding hydrogens is 280 g/mol. The number of morpholine rings is 1. The number of rotatable bonds is 5. The van der Waals surface area contributed by atoms with Crippen LogP contribution in [0.15, 0.2) is 18.2 Å². The average Bonchev–Trinajstić information content (AvgIpc) is 2.81. The Hall–Kier alpha value is -1.30. The molecule has 5 nitrogen and oxygen atoms in total. The summed E-state index contributed by atoms with van der Waals surface area (Å²) in [6.45, 7) is 9.27. The average molecular weight is 306 g/mol. The first-order chi connectivity index (χ1) is 10.9. The van der Waals surface area contributed by atoms with Crippen molar-refractivity contribution in [1.82, 2.24) is 10.2 Å². The second kappa shape index (κ2) is 7.81. The Morgan fingerprint density at radius 1 is 1.23 bits per heavy atom. The first-order valence-corrected chi connectivity index (χ1v) is 8.29. The van der Waals surface area contributed by atoms with E-state index in [1.165, 1.54) is 0 Å². The third kappa shape index (κ3) is 3.91. The van der Waals surface area contributed by atoms with Crippen LogP contribution < -0.4 is 14.8 Å². The van der Waals surface area contributed by atoms with Crippen molar-refractivity contribution in [3.8, 4) is 11.5 Å². The van der Waals surface area contributed by atoms with E-state index in [1.54, 1.807) is 0 Å². The van der Waals surface area contributed by atoms with Crippen LogP contribution in [0, 0.1) is 0 Å². The predicted octanol–water partition coefficient (Wildman–Crippen LogP) is 1.66. The van der Waals surface area contributed by atoms with Crippen molar-refractivity contribution in [2.75, 3.05) is 46.0 Å². The number of likely N-dealkylation sites (N-methyl/N-ethyl adjacent to an activating group) is 1. The van der Waals surface area contributed by atoms with Crippen LogP contribution >= 0.6 is 0 Å². The summed E-state index contributed by atoms with van der Waals surface area (Å²) in [6.07, 6.45) is 1.21. The number of benzene rings is 1. The zero-order valence-electron chi connectivity index (χ0n) is 13.3. The van der Waals surface area contributed by atoms with Gasteiger partial charge in [-0.05, 0) is 12.6 Å². The van der Waals surface area contributed by atoms with Gasteiger partial charge in [-0.25, -0.2) is 0 Å². The van der Waals surface area contributed by atoms with Crippen molar-refractivity contribution in [2.45, 2.75) is 26.0 Å². The molecule has 0 saturated carbocycles. The number of para-hydroxylation sites is 1. The van der Waals surface area contributed by atoms with Gasteiger partial charge in [-0.3, -0.25) is 4.90 Å². The third-order valence-corrected chi connectivity index (χ3v) is 4.21. The fourth-order valence-electron chi connectivity index (χ4n) is 2.95. The Balaban J connectivity index is 1.53. The standard InChI is InChI=1S/C17H26N2O3/c1-2-19-7-10-20-15(13-19)12-18-11-14-5-3-6-16-17(14)22-9-4-8-21-16/h3,5-6,15,18H,2,4,7-13H2,1H3/t15-/m1/s1. The number of ether oxygens (including phenoxy) is 3. The minimum atomic E-state index is 0.271. The number of hydrogen-bond donors (Lipinski definition) is 1. The van der Waals surface area contributed by atoms with Crippen LogP contribution in [-0.2, 0) is 11.3 Å². The van der Waals surface area contributed by atoms with Crippen LogP contribution in [0.4, 0.5) is 0 Å². The fraction of sp³-hybridized carbons (Fsp3) is 0.647. The number of nitrogens with zero attached hydrogens (tertiary/aromatic N) is 1. The van der Waals surface area contributed by atoms with Crippen molar-refractivity contribution < 1.29 is 14.2 Å². The molecule has 0 aliphatic carbocycles. The molecule has 22 heavy (non-hydrogen) atoms. The largest absolute Gasteiger partial charge is 0.490 e. The van der Waals surface area contributed by atoms with E-state index in [0.29, 0.717) is 0 Å². The van der Waals surface area contributed by atoms with Gasteiger partial charge in [-0.1, -0.05) is 19.1 Å². The summed E-state index contributed by atoms with van der Waals surface area (Å²) >= 11 is 0. The molecule has 1 aromatic carbocycles. The minimum absolute atomic E-state index is 0.271. The van der Waals surface area contributed by atoms with Crippen molar-refractivity contribution in [3.63, 3.8) is 0 Å². The normalized spacial score (nSPS) is 22.3. The van der Waals surface area contributed by atoms with Gasteiger partial charge >= 0.3 is 0 Å². The third-order valence-electron chi connectivity index (χ3n) is 4.21. The van der Waals surface area contributed by atoms with Gasteiger partial charge in [0.05, 0.1) is 25.9 Å². The zero-order valence-corrected chi connectivity index (χ0v) is 13.3. The van der Waals surface area contributed by atoms with Crippen LogP contribution in [0.3, 0.4) is 0 Å². The Morgan fingerprint density at radius 3 is 3.05 bits per heavy atom. The molecule has 0 amide bonds. The molecule has 0 radical (unpaired) electrons. The molecule has 0 spiro atoms. The van der Waals surface area contributed by atoms with E-state index < -0.39 is 0 Å². The molecule has 0 bridgehead atoms.